The van der Waals surface area contributed by atoms with E-state index in [-0.39, 0.29) is 13.0 Å². The molecule has 0 radical (unpaired) electrons. The first-order chi connectivity index (χ1) is 5.17. The number of hydrogen-bond acceptors (Lipinski definition) is 2. The van der Waals surface area contributed by atoms with Crippen LogP contribution >= 0.6 is 0 Å². The number of alkyl halides is 2. The van der Waals surface area contributed by atoms with Crippen molar-refractivity contribution in [3.05, 3.63) is 0 Å². The molecule has 1 saturated carbocycles. The summed E-state index contributed by atoms with van der Waals surface area (Å²) < 4.78 is 25.5. The summed E-state index contributed by atoms with van der Waals surface area (Å²) in [6.07, 6.45) is 2.21. The zero-order valence-corrected chi connectivity index (χ0v) is 6.02. The van der Waals surface area contributed by atoms with Crippen LogP contribution in [0.1, 0.15) is 19.3 Å². The normalized spacial score (nSPS) is 28.0. The Morgan fingerprint density at radius 3 is 2.82 bits per heavy atom. The van der Waals surface area contributed by atoms with Gasteiger partial charge in [-0.3, -0.25) is 0 Å². The number of aliphatic imine (C=N–C) groups is 1. The summed E-state index contributed by atoms with van der Waals surface area (Å²) in [6.45, 7) is -0.0729. The van der Waals surface area contributed by atoms with Gasteiger partial charge in [-0.05, 0) is 12.8 Å². The zero-order valence-electron chi connectivity index (χ0n) is 6.02. The van der Waals surface area contributed by atoms with E-state index < -0.39 is 11.8 Å². The van der Waals surface area contributed by atoms with Crippen molar-refractivity contribution < 1.29 is 13.6 Å². The Balaban J connectivity index is 2.50. The Labute approximate surface area is 63.3 Å². The van der Waals surface area contributed by atoms with Crippen molar-refractivity contribution in [2.75, 3.05) is 6.54 Å². The average Bonchev–Trinajstić information content (AvgIpc) is 2.25. The monoisotopic (exact) mass is 161 g/mol. The summed E-state index contributed by atoms with van der Waals surface area (Å²) in [7, 11) is 0. The molecule has 0 spiro atoms. The highest BCUT2D eigenvalue weighted by atomic mass is 19.3. The van der Waals surface area contributed by atoms with Gasteiger partial charge in [0.1, 0.15) is 0 Å². The maximum absolute atomic E-state index is 12.7. The van der Waals surface area contributed by atoms with Gasteiger partial charge < -0.3 is 0 Å². The van der Waals surface area contributed by atoms with Crippen LogP contribution in [0.3, 0.4) is 0 Å². The topological polar surface area (TPSA) is 29.4 Å². The molecular formula is C7H9F2NO. The van der Waals surface area contributed by atoms with Crippen LogP contribution in [0.4, 0.5) is 8.78 Å². The first-order valence-corrected chi connectivity index (χ1v) is 3.58. The molecule has 1 atom stereocenters. The van der Waals surface area contributed by atoms with Crippen LogP contribution in [0.15, 0.2) is 4.99 Å². The number of isocyanates is 1. The van der Waals surface area contributed by atoms with Crippen LogP contribution in [-0.4, -0.2) is 18.5 Å². The van der Waals surface area contributed by atoms with Crippen molar-refractivity contribution in [3.8, 4) is 0 Å². The fraction of sp³-hybridized carbons (Fsp3) is 0.857. The van der Waals surface area contributed by atoms with Crippen molar-refractivity contribution in [3.63, 3.8) is 0 Å². The zero-order chi connectivity index (χ0) is 8.32. The predicted octanol–water partition coefficient (Wildman–Crippen LogP) is 1.76. The second-order valence-electron chi connectivity index (χ2n) is 2.78. The van der Waals surface area contributed by atoms with Gasteiger partial charge in [0.2, 0.25) is 6.08 Å². The molecule has 0 heterocycles. The van der Waals surface area contributed by atoms with Gasteiger partial charge >= 0.3 is 0 Å². The third kappa shape index (κ3) is 1.84. The highest BCUT2D eigenvalue weighted by Gasteiger charge is 2.43. The molecule has 0 amide bonds. The number of halogens is 2. The molecule has 2 nitrogen and oxygen atoms in total. The van der Waals surface area contributed by atoms with Crippen molar-refractivity contribution in [2.24, 2.45) is 10.9 Å². The van der Waals surface area contributed by atoms with E-state index in [0.29, 0.717) is 12.8 Å². The minimum atomic E-state index is -2.61. The standard InChI is InChI=1S/C7H9F2NO/c8-7(9)3-1-2-6(7)4-10-5-11/h6H,1-4H2. The fourth-order valence-corrected chi connectivity index (χ4v) is 1.37. The van der Waals surface area contributed by atoms with Crippen LogP contribution in [0.2, 0.25) is 0 Å². The van der Waals surface area contributed by atoms with E-state index in [0.717, 1.165) is 0 Å². The third-order valence-corrected chi connectivity index (χ3v) is 2.04. The first-order valence-electron chi connectivity index (χ1n) is 3.58. The highest BCUT2D eigenvalue weighted by molar-refractivity contribution is 5.32. The molecule has 1 fully saturated rings. The van der Waals surface area contributed by atoms with Crippen molar-refractivity contribution >= 4 is 6.08 Å². The van der Waals surface area contributed by atoms with Gasteiger partial charge in [-0.2, -0.15) is 0 Å². The molecule has 1 aliphatic carbocycles. The molecule has 0 N–H and O–H groups in total. The summed E-state index contributed by atoms with van der Waals surface area (Å²) in [5.74, 6) is -3.34. The second-order valence-corrected chi connectivity index (χ2v) is 2.78. The lowest BCUT2D eigenvalue weighted by atomic mass is 10.1. The molecule has 0 aromatic heterocycles. The summed E-state index contributed by atoms with van der Waals surface area (Å²) in [4.78, 5) is 12.8. The van der Waals surface area contributed by atoms with Crippen molar-refractivity contribution in [2.45, 2.75) is 25.2 Å². The van der Waals surface area contributed by atoms with Crippen LogP contribution in [-0.2, 0) is 4.79 Å². The Hall–Kier alpha value is -0.760. The number of carbonyl (C=O) groups excluding carboxylic acids is 1. The fourth-order valence-electron chi connectivity index (χ4n) is 1.37. The predicted molar refractivity (Wildman–Crippen MR) is 35.3 cm³/mol. The Bertz CT molecular complexity index is 187. The summed E-state index contributed by atoms with van der Waals surface area (Å²) in [6, 6.07) is 0. The number of rotatable bonds is 2. The summed E-state index contributed by atoms with van der Waals surface area (Å²) >= 11 is 0. The molecule has 62 valence electrons. The molecule has 0 saturated heterocycles. The van der Waals surface area contributed by atoms with Crippen molar-refractivity contribution in [1.82, 2.24) is 0 Å². The number of nitrogens with zero attached hydrogens (tertiary/aromatic N) is 1. The molecule has 0 aromatic rings. The van der Waals surface area contributed by atoms with E-state index in [4.69, 9.17) is 0 Å². The lowest BCUT2D eigenvalue weighted by Gasteiger charge is -2.15. The molecule has 0 bridgehead atoms. The van der Waals surface area contributed by atoms with Gasteiger partial charge in [0.15, 0.2) is 0 Å². The van der Waals surface area contributed by atoms with E-state index in [2.05, 4.69) is 4.99 Å². The van der Waals surface area contributed by atoms with E-state index in [1.165, 1.54) is 6.08 Å². The highest BCUT2D eigenvalue weighted by Crippen LogP contribution is 2.40. The van der Waals surface area contributed by atoms with Gasteiger partial charge in [0.05, 0.1) is 6.54 Å². The van der Waals surface area contributed by atoms with E-state index in [9.17, 15) is 13.6 Å². The first kappa shape index (κ1) is 8.34. The molecule has 0 aromatic carbocycles. The SMILES string of the molecule is O=C=NCC1CCCC1(F)F. The van der Waals surface area contributed by atoms with Gasteiger partial charge in [-0.1, -0.05) is 0 Å². The maximum atomic E-state index is 12.7. The molecule has 11 heavy (non-hydrogen) atoms. The average molecular weight is 161 g/mol. The van der Waals surface area contributed by atoms with E-state index in [1.807, 2.05) is 0 Å². The smallest absolute Gasteiger partial charge is 0.211 e. The molecule has 1 aliphatic rings. The summed E-state index contributed by atoms with van der Waals surface area (Å²) in [5, 5.41) is 0. The van der Waals surface area contributed by atoms with Crippen LogP contribution in [0.25, 0.3) is 0 Å². The molecule has 4 heteroatoms. The lowest BCUT2D eigenvalue weighted by Crippen LogP contribution is -2.23. The Kier molecular flexibility index (Phi) is 2.35. The largest absolute Gasteiger partial charge is 0.252 e. The van der Waals surface area contributed by atoms with Gasteiger partial charge in [-0.15, -0.1) is 0 Å². The number of hydrogen-bond donors (Lipinski definition) is 0. The van der Waals surface area contributed by atoms with Crippen LogP contribution < -0.4 is 0 Å². The van der Waals surface area contributed by atoms with Crippen LogP contribution in [0.5, 0.6) is 0 Å². The quantitative estimate of drug-likeness (QED) is 0.448. The summed E-state index contributed by atoms with van der Waals surface area (Å²) in [5.41, 5.74) is 0. The lowest BCUT2D eigenvalue weighted by molar-refractivity contribution is -0.0329. The molecule has 1 unspecified atom stereocenters. The minimum Gasteiger partial charge on any atom is -0.211 e. The minimum absolute atomic E-state index is 0.0634. The van der Waals surface area contributed by atoms with Gasteiger partial charge in [0.25, 0.3) is 5.92 Å². The second kappa shape index (κ2) is 3.09. The molecule has 1 rings (SSSR count). The third-order valence-electron chi connectivity index (χ3n) is 2.04. The van der Waals surface area contributed by atoms with Gasteiger partial charge in [0, 0.05) is 12.3 Å². The Morgan fingerprint density at radius 1 is 1.64 bits per heavy atom. The van der Waals surface area contributed by atoms with E-state index >= 15 is 0 Å². The van der Waals surface area contributed by atoms with Crippen molar-refractivity contribution in [1.29, 1.82) is 0 Å². The van der Waals surface area contributed by atoms with Gasteiger partial charge in [-0.25, -0.2) is 18.6 Å². The molecular weight excluding hydrogens is 152 g/mol. The van der Waals surface area contributed by atoms with E-state index in [1.54, 1.807) is 0 Å². The Morgan fingerprint density at radius 2 is 2.36 bits per heavy atom. The molecule has 0 aliphatic heterocycles. The maximum Gasteiger partial charge on any atom is 0.252 e. The van der Waals surface area contributed by atoms with Crippen LogP contribution in [0, 0.1) is 5.92 Å².